The fourth-order valence-corrected chi connectivity index (χ4v) is 3.56. The molecule has 0 aliphatic heterocycles. The van der Waals surface area contributed by atoms with Crippen molar-refractivity contribution in [2.45, 2.75) is 9.79 Å². The largest absolute Gasteiger partial charge is 0.465 e. The van der Waals surface area contributed by atoms with E-state index in [1.54, 1.807) is 0 Å². The molecular formula is C14H13FN2O6S2. The van der Waals surface area contributed by atoms with Crippen LogP contribution in [0.3, 0.4) is 0 Å². The van der Waals surface area contributed by atoms with Crippen molar-refractivity contribution in [3.8, 4) is 0 Å². The van der Waals surface area contributed by atoms with Crippen molar-refractivity contribution in [3.63, 3.8) is 0 Å². The van der Waals surface area contributed by atoms with Gasteiger partial charge in [0, 0.05) is 5.69 Å². The molecule has 8 nitrogen and oxygen atoms in total. The van der Waals surface area contributed by atoms with Gasteiger partial charge in [-0.1, -0.05) is 0 Å². The Balaban J connectivity index is 2.38. The lowest BCUT2D eigenvalue weighted by atomic mass is 10.2. The number of methoxy groups -OCH3 is 1. The summed E-state index contributed by atoms with van der Waals surface area (Å²) in [6, 6.07) is 7.23. The van der Waals surface area contributed by atoms with Gasteiger partial charge < -0.3 is 4.74 Å². The molecule has 0 atom stereocenters. The fraction of sp³-hybridized carbons (Fsp3) is 0.0714. The van der Waals surface area contributed by atoms with E-state index in [0.29, 0.717) is 0 Å². The number of sulfonamides is 2. The van der Waals surface area contributed by atoms with Crippen LogP contribution in [0.5, 0.6) is 0 Å². The maximum absolute atomic E-state index is 13.9. The van der Waals surface area contributed by atoms with Crippen LogP contribution in [0.4, 0.5) is 10.1 Å². The molecule has 0 aliphatic carbocycles. The van der Waals surface area contributed by atoms with Gasteiger partial charge in [0.1, 0.15) is 10.7 Å². The monoisotopic (exact) mass is 388 g/mol. The van der Waals surface area contributed by atoms with Crippen LogP contribution in [0.25, 0.3) is 0 Å². The van der Waals surface area contributed by atoms with Crippen LogP contribution >= 0.6 is 0 Å². The summed E-state index contributed by atoms with van der Waals surface area (Å²) in [6.45, 7) is 0. The van der Waals surface area contributed by atoms with Crippen molar-refractivity contribution in [1.82, 2.24) is 0 Å². The molecule has 0 fully saturated rings. The lowest BCUT2D eigenvalue weighted by Crippen LogP contribution is -2.16. The highest BCUT2D eigenvalue weighted by atomic mass is 32.2. The van der Waals surface area contributed by atoms with Crippen molar-refractivity contribution in [3.05, 3.63) is 53.8 Å². The van der Waals surface area contributed by atoms with E-state index in [1.807, 2.05) is 0 Å². The molecular weight excluding hydrogens is 375 g/mol. The third-order valence-electron chi connectivity index (χ3n) is 3.08. The quantitative estimate of drug-likeness (QED) is 0.736. The van der Waals surface area contributed by atoms with Gasteiger partial charge in [-0.2, -0.15) is 0 Å². The van der Waals surface area contributed by atoms with E-state index in [-0.39, 0.29) is 16.1 Å². The number of hydrogen-bond acceptors (Lipinski definition) is 6. The molecule has 0 saturated heterocycles. The number of rotatable bonds is 5. The van der Waals surface area contributed by atoms with E-state index in [2.05, 4.69) is 9.46 Å². The third-order valence-corrected chi connectivity index (χ3v) is 5.40. The number of hydrogen-bond donors (Lipinski definition) is 2. The van der Waals surface area contributed by atoms with Crippen LogP contribution in [0.1, 0.15) is 10.4 Å². The molecule has 0 amide bonds. The maximum Gasteiger partial charge on any atom is 0.337 e. The van der Waals surface area contributed by atoms with Gasteiger partial charge in [0.25, 0.3) is 10.0 Å². The Kier molecular flexibility index (Phi) is 5.11. The summed E-state index contributed by atoms with van der Waals surface area (Å²) in [5.41, 5.74) is -0.163. The van der Waals surface area contributed by atoms with Crippen LogP contribution in [-0.2, 0) is 24.8 Å². The van der Waals surface area contributed by atoms with Gasteiger partial charge in [0.15, 0.2) is 0 Å². The minimum Gasteiger partial charge on any atom is -0.465 e. The Hall–Kier alpha value is -2.50. The average Bonchev–Trinajstić information content (AvgIpc) is 2.53. The zero-order valence-electron chi connectivity index (χ0n) is 12.8. The van der Waals surface area contributed by atoms with Gasteiger partial charge in [0.05, 0.1) is 17.6 Å². The van der Waals surface area contributed by atoms with E-state index < -0.39 is 36.7 Å². The number of carbonyl (C=O) groups excluding carboxylic acids is 1. The van der Waals surface area contributed by atoms with E-state index in [9.17, 15) is 26.0 Å². The topological polar surface area (TPSA) is 133 Å². The van der Waals surface area contributed by atoms with E-state index in [4.69, 9.17) is 5.14 Å². The number of esters is 1. The zero-order valence-corrected chi connectivity index (χ0v) is 14.4. The summed E-state index contributed by atoms with van der Waals surface area (Å²) < 4.78 is 67.4. The van der Waals surface area contributed by atoms with Crippen LogP contribution in [0.2, 0.25) is 0 Å². The lowest BCUT2D eigenvalue weighted by Gasteiger charge is -2.10. The number of primary sulfonamides is 1. The third kappa shape index (κ3) is 4.32. The number of nitrogens with one attached hydrogen (secondary N) is 1. The number of ether oxygens (including phenoxy) is 1. The first kappa shape index (κ1) is 18.8. The van der Waals surface area contributed by atoms with Crippen molar-refractivity contribution >= 4 is 31.7 Å². The molecule has 2 aromatic rings. The summed E-state index contributed by atoms with van der Waals surface area (Å²) in [5, 5.41) is 4.94. The molecule has 0 bridgehead atoms. The molecule has 0 radical (unpaired) electrons. The van der Waals surface area contributed by atoms with E-state index in [1.165, 1.54) is 0 Å². The highest BCUT2D eigenvalue weighted by Gasteiger charge is 2.22. The van der Waals surface area contributed by atoms with Crippen molar-refractivity contribution in [2.75, 3.05) is 11.8 Å². The predicted molar refractivity (Wildman–Crippen MR) is 86.4 cm³/mol. The number of carbonyl (C=O) groups is 1. The summed E-state index contributed by atoms with van der Waals surface area (Å²) in [4.78, 5) is 10.5. The minimum atomic E-state index is -4.37. The number of anilines is 1. The first-order valence-electron chi connectivity index (χ1n) is 6.58. The molecule has 0 saturated carbocycles. The second-order valence-electron chi connectivity index (χ2n) is 4.81. The first-order valence-corrected chi connectivity index (χ1v) is 9.61. The normalized spacial score (nSPS) is 11.8. The van der Waals surface area contributed by atoms with E-state index >= 15 is 0 Å². The lowest BCUT2D eigenvalue weighted by molar-refractivity contribution is 0.0600. The van der Waals surface area contributed by atoms with Gasteiger partial charge >= 0.3 is 5.97 Å². The highest BCUT2D eigenvalue weighted by Crippen LogP contribution is 2.21. The fourth-order valence-electron chi connectivity index (χ4n) is 1.88. The van der Waals surface area contributed by atoms with Crippen molar-refractivity contribution in [2.24, 2.45) is 5.14 Å². The number of benzene rings is 2. The Morgan fingerprint density at radius 2 is 1.68 bits per heavy atom. The SMILES string of the molecule is COC(=O)c1ccc(F)c(S(=O)(=O)Nc2ccc(S(N)(=O)=O)cc2)c1. The molecule has 0 aromatic heterocycles. The average molecular weight is 388 g/mol. The van der Waals surface area contributed by atoms with Gasteiger partial charge in [-0.3, -0.25) is 4.72 Å². The summed E-state index contributed by atoms with van der Waals surface area (Å²) >= 11 is 0. The molecule has 2 rings (SSSR count). The molecule has 0 heterocycles. The Morgan fingerprint density at radius 3 is 2.20 bits per heavy atom. The molecule has 25 heavy (non-hydrogen) atoms. The molecule has 11 heteroatoms. The molecule has 3 N–H and O–H groups in total. The summed E-state index contributed by atoms with van der Waals surface area (Å²) in [5.74, 6) is -1.89. The van der Waals surface area contributed by atoms with Crippen molar-refractivity contribution < 1.29 is 30.8 Å². The van der Waals surface area contributed by atoms with Crippen LogP contribution in [0.15, 0.2) is 52.3 Å². The zero-order chi connectivity index (χ0) is 18.8. The van der Waals surface area contributed by atoms with Crippen LogP contribution in [-0.4, -0.2) is 29.9 Å². The van der Waals surface area contributed by atoms with Gasteiger partial charge in [-0.05, 0) is 42.5 Å². The summed E-state index contributed by atoms with van der Waals surface area (Å²) in [6.07, 6.45) is 0. The second-order valence-corrected chi connectivity index (χ2v) is 8.02. The van der Waals surface area contributed by atoms with Crippen LogP contribution in [0, 0.1) is 5.82 Å². The first-order chi connectivity index (χ1) is 11.5. The maximum atomic E-state index is 13.9. The Bertz CT molecular complexity index is 1020. The number of nitrogens with two attached hydrogens (primary N) is 1. The van der Waals surface area contributed by atoms with Crippen LogP contribution < -0.4 is 9.86 Å². The Morgan fingerprint density at radius 1 is 1.08 bits per heavy atom. The van der Waals surface area contributed by atoms with Crippen molar-refractivity contribution in [1.29, 1.82) is 0 Å². The molecule has 2 aromatic carbocycles. The Labute approximate surface area is 143 Å². The molecule has 0 spiro atoms. The molecule has 0 aliphatic rings. The molecule has 134 valence electrons. The molecule has 0 unspecified atom stereocenters. The standard InChI is InChI=1S/C14H13FN2O6S2/c1-23-14(18)9-2-7-12(15)13(8-9)25(21,22)17-10-3-5-11(6-4-10)24(16,19)20/h2-8,17H,1H3,(H2,16,19,20). The number of halogens is 1. The van der Waals surface area contributed by atoms with Gasteiger partial charge in [-0.15, -0.1) is 0 Å². The van der Waals surface area contributed by atoms with Gasteiger partial charge in [0.2, 0.25) is 10.0 Å². The minimum absolute atomic E-state index is 0.0183. The van der Waals surface area contributed by atoms with Gasteiger partial charge in [-0.25, -0.2) is 31.2 Å². The second kappa shape index (κ2) is 6.78. The smallest absolute Gasteiger partial charge is 0.337 e. The summed E-state index contributed by atoms with van der Waals surface area (Å²) in [7, 11) is -7.20. The van der Waals surface area contributed by atoms with E-state index in [0.717, 1.165) is 49.6 Å². The predicted octanol–water partition coefficient (Wildman–Crippen LogP) is 1.06. The highest BCUT2D eigenvalue weighted by molar-refractivity contribution is 7.92.